The Labute approximate surface area is 269 Å². The Hall–Kier alpha value is -4.59. The highest BCUT2D eigenvalue weighted by Gasteiger charge is 2.45. The molecule has 5 rings (SSSR count). The number of aliphatic carboxylic acids is 2. The average Bonchev–Trinajstić information content (AvgIpc) is 3.69. The molecule has 1 aliphatic carbocycles. The maximum atomic E-state index is 15.4. The first-order valence-electron chi connectivity index (χ1n) is 15.8. The first-order chi connectivity index (χ1) is 22.0. The third-order valence-electron chi connectivity index (χ3n) is 8.89. The molecule has 7 nitrogen and oxygen atoms in total. The molecule has 0 bridgehead atoms. The fourth-order valence-electron chi connectivity index (χ4n) is 6.47. The number of carbonyl (C=O) groups is 2. The Morgan fingerprint density at radius 2 is 1.54 bits per heavy atom. The number of benzene rings is 3. The third-order valence-corrected chi connectivity index (χ3v) is 8.89. The summed E-state index contributed by atoms with van der Waals surface area (Å²) >= 11 is 0. The number of unbranched alkanes of at least 4 members (excludes halogenated alkanes) is 1. The molecule has 8 heteroatoms. The fourth-order valence-corrected chi connectivity index (χ4v) is 6.47. The topological polar surface area (TPSA) is 98.0 Å². The molecule has 0 saturated heterocycles. The van der Waals surface area contributed by atoms with Crippen molar-refractivity contribution >= 4 is 35.0 Å². The van der Waals surface area contributed by atoms with Crippen molar-refractivity contribution in [2.45, 2.75) is 72.8 Å². The first-order valence-corrected chi connectivity index (χ1v) is 15.8. The number of nitrogens with zero attached hydrogens (tertiary/aromatic N) is 1. The Bertz CT molecular complexity index is 1760. The lowest BCUT2D eigenvalue weighted by Crippen LogP contribution is -2.13. The Balaban J connectivity index is 1.25. The van der Waals surface area contributed by atoms with Gasteiger partial charge >= 0.3 is 11.9 Å². The third kappa shape index (κ3) is 7.61. The normalized spacial score (nSPS) is 13.8. The van der Waals surface area contributed by atoms with Gasteiger partial charge in [-0.15, -0.1) is 0 Å². The second-order valence-electron chi connectivity index (χ2n) is 12.7. The van der Waals surface area contributed by atoms with Crippen LogP contribution in [0.1, 0.15) is 71.2 Å². The minimum absolute atomic E-state index is 0.0147. The quantitative estimate of drug-likeness (QED) is 0.102. The summed E-state index contributed by atoms with van der Waals surface area (Å²) in [5.74, 6) is -0.618. The summed E-state index contributed by atoms with van der Waals surface area (Å²) in [4.78, 5) is 23.3. The van der Waals surface area contributed by atoms with E-state index in [1.54, 1.807) is 17.6 Å². The zero-order valence-electron chi connectivity index (χ0n) is 27.0. The summed E-state index contributed by atoms with van der Waals surface area (Å²) < 4.78 is 29.0. The van der Waals surface area contributed by atoms with Gasteiger partial charge in [0.2, 0.25) is 0 Å². The molecule has 1 aliphatic rings. The van der Waals surface area contributed by atoms with Crippen molar-refractivity contribution in [3.8, 4) is 11.5 Å². The first kappa shape index (κ1) is 32.8. The van der Waals surface area contributed by atoms with Crippen LogP contribution in [0.2, 0.25) is 0 Å². The Morgan fingerprint density at radius 3 is 2.15 bits per heavy atom. The number of aromatic nitrogens is 1. The van der Waals surface area contributed by atoms with E-state index in [4.69, 9.17) is 9.47 Å². The van der Waals surface area contributed by atoms with E-state index in [0.29, 0.717) is 47.4 Å². The smallest absolute Gasteiger partial charge is 0.323 e. The van der Waals surface area contributed by atoms with Gasteiger partial charge in [-0.3, -0.25) is 9.59 Å². The molecule has 0 radical (unpaired) electrons. The SMILES string of the molecule is Cc1cc(C)c(OCCCCOc2ccc(/C=C/c3ccc(F)c4c(CC5(CC(=O)O)CC5)c(C)n(CC(=O)O)c34)cc2)c(C)c1. The van der Waals surface area contributed by atoms with Gasteiger partial charge in [-0.2, -0.15) is 0 Å². The number of carboxylic acids is 2. The Morgan fingerprint density at radius 1 is 0.891 bits per heavy atom. The summed E-state index contributed by atoms with van der Waals surface area (Å²) in [6.07, 6.45) is 7.44. The highest BCUT2D eigenvalue weighted by atomic mass is 19.1. The number of fused-ring (bicyclic) bond motifs is 1. The average molecular weight is 628 g/mol. The molecule has 0 amide bonds. The lowest BCUT2D eigenvalue weighted by atomic mass is 9.91. The second kappa shape index (κ2) is 13.8. The van der Waals surface area contributed by atoms with Gasteiger partial charge < -0.3 is 24.3 Å². The fraction of sp³-hybridized carbons (Fsp3) is 0.368. The van der Waals surface area contributed by atoms with Crippen LogP contribution in [0.4, 0.5) is 4.39 Å². The van der Waals surface area contributed by atoms with Crippen LogP contribution in [0.3, 0.4) is 0 Å². The van der Waals surface area contributed by atoms with Crippen molar-refractivity contribution in [2.24, 2.45) is 5.41 Å². The van der Waals surface area contributed by atoms with Crippen molar-refractivity contribution in [1.82, 2.24) is 4.57 Å². The van der Waals surface area contributed by atoms with Crippen molar-refractivity contribution < 1.29 is 33.7 Å². The summed E-state index contributed by atoms with van der Waals surface area (Å²) in [5, 5.41) is 19.5. The van der Waals surface area contributed by atoms with Crippen LogP contribution in [-0.2, 0) is 22.6 Å². The molecular formula is C38H42FNO6. The van der Waals surface area contributed by atoms with E-state index in [1.165, 1.54) is 11.6 Å². The highest BCUT2D eigenvalue weighted by Crippen LogP contribution is 2.53. The van der Waals surface area contributed by atoms with E-state index in [1.807, 2.05) is 36.4 Å². The highest BCUT2D eigenvalue weighted by molar-refractivity contribution is 5.95. The molecule has 0 spiro atoms. The molecule has 1 fully saturated rings. The van der Waals surface area contributed by atoms with Gasteiger partial charge in [-0.1, -0.05) is 42.0 Å². The number of hydrogen-bond donors (Lipinski definition) is 2. The van der Waals surface area contributed by atoms with Crippen molar-refractivity contribution in [1.29, 1.82) is 0 Å². The minimum Gasteiger partial charge on any atom is -0.494 e. The van der Waals surface area contributed by atoms with E-state index in [2.05, 4.69) is 32.9 Å². The molecule has 4 aromatic rings. The standard InChI is InChI=1S/C38H42FNO6/c1-24-19-25(2)37(26(3)20-24)46-18-6-5-17-45-30-12-8-28(9-13-30)7-10-29-11-14-32(39)35-31(21-38(15-16-38)22-33(41)42)27(4)40(36(29)35)23-34(43)44/h7-14,19-20H,5-6,15-18,21-23H2,1-4H3,(H,41,42)(H,43,44)/b10-7+. The minimum atomic E-state index is -1.03. The number of carboxylic acid groups (broad SMARTS) is 2. The van der Waals surface area contributed by atoms with Crippen LogP contribution in [0.15, 0.2) is 48.5 Å². The van der Waals surface area contributed by atoms with Crippen molar-refractivity contribution in [3.63, 3.8) is 0 Å². The molecule has 0 aliphatic heterocycles. The van der Waals surface area contributed by atoms with Crippen molar-refractivity contribution in [2.75, 3.05) is 13.2 Å². The second-order valence-corrected chi connectivity index (χ2v) is 12.7. The van der Waals surface area contributed by atoms with E-state index < -0.39 is 23.2 Å². The monoisotopic (exact) mass is 627 g/mol. The van der Waals surface area contributed by atoms with E-state index >= 15 is 4.39 Å². The molecule has 3 aromatic carbocycles. The van der Waals surface area contributed by atoms with Gasteiger partial charge in [0, 0.05) is 11.1 Å². The van der Waals surface area contributed by atoms with E-state index in [0.717, 1.165) is 53.9 Å². The molecule has 0 unspecified atom stereocenters. The molecule has 242 valence electrons. The molecule has 0 atom stereocenters. The predicted octanol–water partition coefficient (Wildman–Crippen LogP) is 8.30. The van der Waals surface area contributed by atoms with Gasteiger partial charge in [0.1, 0.15) is 23.9 Å². The van der Waals surface area contributed by atoms with Crippen LogP contribution in [-0.4, -0.2) is 39.9 Å². The number of aryl methyl sites for hydroxylation is 3. The predicted molar refractivity (Wildman–Crippen MR) is 178 cm³/mol. The van der Waals surface area contributed by atoms with Gasteiger partial charge in [0.15, 0.2) is 0 Å². The summed E-state index contributed by atoms with van der Waals surface area (Å²) in [6, 6.07) is 15.0. The van der Waals surface area contributed by atoms with Gasteiger partial charge in [0.05, 0.1) is 25.2 Å². The Kier molecular flexibility index (Phi) is 9.85. The number of rotatable bonds is 15. The maximum Gasteiger partial charge on any atom is 0.323 e. The van der Waals surface area contributed by atoms with Crippen LogP contribution in [0.25, 0.3) is 23.1 Å². The van der Waals surface area contributed by atoms with Crippen LogP contribution in [0, 0.1) is 38.9 Å². The van der Waals surface area contributed by atoms with Crippen LogP contribution in [0.5, 0.6) is 11.5 Å². The van der Waals surface area contributed by atoms with Gasteiger partial charge in [-0.25, -0.2) is 4.39 Å². The lowest BCUT2D eigenvalue weighted by molar-refractivity contribution is -0.139. The van der Waals surface area contributed by atoms with Gasteiger partial charge in [-0.05, 0) is 117 Å². The van der Waals surface area contributed by atoms with E-state index in [9.17, 15) is 19.8 Å². The zero-order chi connectivity index (χ0) is 33.0. The molecule has 2 N–H and O–H groups in total. The van der Waals surface area contributed by atoms with Crippen molar-refractivity contribution in [3.05, 3.63) is 93.4 Å². The van der Waals surface area contributed by atoms with E-state index in [-0.39, 0.29) is 13.0 Å². The summed E-state index contributed by atoms with van der Waals surface area (Å²) in [5.41, 5.74) is 6.59. The zero-order valence-corrected chi connectivity index (χ0v) is 27.0. The largest absolute Gasteiger partial charge is 0.494 e. The summed E-state index contributed by atoms with van der Waals surface area (Å²) in [6.45, 7) is 8.91. The number of hydrogen-bond acceptors (Lipinski definition) is 4. The molecule has 1 aromatic heterocycles. The molecular weight excluding hydrogens is 585 g/mol. The van der Waals surface area contributed by atoms with Crippen LogP contribution < -0.4 is 9.47 Å². The number of ether oxygens (including phenoxy) is 2. The maximum absolute atomic E-state index is 15.4. The number of halogens is 1. The molecule has 1 heterocycles. The summed E-state index contributed by atoms with van der Waals surface area (Å²) in [7, 11) is 0. The lowest BCUT2D eigenvalue weighted by Gasteiger charge is -2.13. The van der Waals surface area contributed by atoms with Crippen LogP contribution >= 0.6 is 0 Å². The molecule has 46 heavy (non-hydrogen) atoms. The molecule has 1 saturated carbocycles. The van der Waals surface area contributed by atoms with Gasteiger partial charge in [0.25, 0.3) is 0 Å².